The highest BCUT2D eigenvalue weighted by atomic mass is 32.2. The van der Waals surface area contributed by atoms with Crippen LogP contribution in [0.4, 0.5) is 0 Å². The molecular weight excluding hydrogens is 294 g/mol. The lowest BCUT2D eigenvalue weighted by Crippen LogP contribution is -2.28. The first kappa shape index (κ1) is 15.6. The minimum atomic E-state index is -3.29. The second-order valence-corrected chi connectivity index (χ2v) is 7.31. The van der Waals surface area contributed by atoms with Crippen molar-refractivity contribution in [3.63, 3.8) is 0 Å². The molecule has 2 rings (SSSR count). The van der Waals surface area contributed by atoms with Gasteiger partial charge < -0.3 is 14.6 Å². The van der Waals surface area contributed by atoms with Crippen molar-refractivity contribution in [3.8, 4) is 17.6 Å². The number of aliphatic hydroxyl groups is 1. The molecule has 0 aliphatic carbocycles. The number of ether oxygens (including phenoxy) is 2. The van der Waals surface area contributed by atoms with Crippen LogP contribution in [0, 0.1) is 16.7 Å². The maximum Gasteiger partial charge on any atom is 0.161 e. The molecule has 0 spiro atoms. The summed E-state index contributed by atoms with van der Waals surface area (Å²) in [5.41, 5.74) is -0.871. The van der Waals surface area contributed by atoms with Crippen molar-refractivity contribution < 1.29 is 23.0 Å². The van der Waals surface area contributed by atoms with Crippen molar-refractivity contribution in [1.29, 1.82) is 5.26 Å². The van der Waals surface area contributed by atoms with Crippen LogP contribution in [0.5, 0.6) is 11.5 Å². The van der Waals surface area contributed by atoms with Crippen molar-refractivity contribution in [2.24, 2.45) is 5.41 Å². The molecule has 7 heteroatoms. The lowest BCUT2D eigenvalue weighted by molar-refractivity contribution is 0.0790. The van der Waals surface area contributed by atoms with Crippen molar-refractivity contribution >= 4 is 9.84 Å². The summed E-state index contributed by atoms with van der Waals surface area (Å²) in [4.78, 5) is 0. The largest absolute Gasteiger partial charge is 0.493 e. The van der Waals surface area contributed by atoms with E-state index in [0.29, 0.717) is 17.1 Å². The number of aliphatic hydroxyl groups excluding tert-OH is 1. The number of methoxy groups -OCH3 is 2. The summed E-state index contributed by atoms with van der Waals surface area (Å²) < 4.78 is 33.6. The average molecular weight is 311 g/mol. The topological polar surface area (TPSA) is 96.6 Å². The number of rotatable bonds is 4. The van der Waals surface area contributed by atoms with Gasteiger partial charge >= 0.3 is 0 Å². The normalized spacial score (nSPS) is 25.0. The summed E-state index contributed by atoms with van der Waals surface area (Å²) in [6.45, 7) is 0. The second-order valence-electron chi connectivity index (χ2n) is 5.13. The molecule has 1 fully saturated rings. The average Bonchev–Trinajstić information content (AvgIpc) is 2.82. The molecule has 0 saturated carbocycles. The molecule has 1 aliphatic heterocycles. The molecule has 1 aromatic rings. The van der Waals surface area contributed by atoms with Crippen LogP contribution in [-0.2, 0) is 9.84 Å². The van der Waals surface area contributed by atoms with E-state index in [2.05, 4.69) is 0 Å². The lowest BCUT2D eigenvalue weighted by Gasteiger charge is -2.26. The third-order valence-electron chi connectivity index (χ3n) is 3.81. The summed E-state index contributed by atoms with van der Waals surface area (Å²) in [6.07, 6.45) is -1.07. The summed E-state index contributed by atoms with van der Waals surface area (Å²) in [5.74, 6) is 0.512. The minimum absolute atomic E-state index is 0.0785. The van der Waals surface area contributed by atoms with E-state index in [1.54, 1.807) is 18.2 Å². The number of hydrogen-bond donors (Lipinski definition) is 1. The molecule has 0 bridgehead atoms. The fourth-order valence-electron chi connectivity index (χ4n) is 2.58. The number of hydrogen-bond acceptors (Lipinski definition) is 6. The Morgan fingerprint density at radius 2 is 2.00 bits per heavy atom. The van der Waals surface area contributed by atoms with Gasteiger partial charge in [-0.05, 0) is 24.1 Å². The van der Waals surface area contributed by atoms with E-state index in [9.17, 15) is 18.8 Å². The first-order chi connectivity index (χ1) is 9.87. The molecule has 6 nitrogen and oxygen atoms in total. The first-order valence-corrected chi connectivity index (χ1v) is 8.21. The molecular formula is C14H17NO5S. The van der Waals surface area contributed by atoms with Crippen LogP contribution in [0.1, 0.15) is 18.1 Å². The molecule has 1 N–H and O–H groups in total. The SMILES string of the molecule is COc1ccc(C(O)C2(C#N)CCS(=O)(=O)C2)cc1OC. The Bertz CT molecular complexity index is 679. The van der Waals surface area contributed by atoms with E-state index in [1.807, 2.05) is 6.07 Å². The third-order valence-corrected chi connectivity index (χ3v) is 5.59. The van der Waals surface area contributed by atoms with Gasteiger partial charge in [-0.3, -0.25) is 0 Å². The zero-order chi connectivity index (χ0) is 15.7. The van der Waals surface area contributed by atoms with Crippen LogP contribution in [0.3, 0.4) is 0 Å². The van der Waals surface area contributed by atoms with Crippen LogP contribution in [-0.4, -0.2) is 39.2 Å². The summed E-state index contributed by atoms with van der Waals surface area (Å²) >= 11 is 0. The molecule has 0 aromatic heterocycles. The van der Waals surface area contributed by atoms with Gasteiger partial charge in [0, 0.05) is 0 Å². The van der Waals surface area contributed by atoms with Gasteiger partial charge in [-0.25, -0.2) is 8.42 Å². The van der Waals surface area contributed by atoms with Crippen molar-refractivity contribution in [2.45, 2.75) is 12.5 Å². The van der Waals surface area contributed by atoms with E-state index in [0.717, 1.165) is 0 Å². The monoisotopic (exact) mass is 311 g/mol. The molecule has 0 amide bonds. The van der Waals surface area contributed by atoms with E-state index in [1.165, 1.54) is 14.2 Å². The van der Waals surface area contributed by atoms with E-state index in [-0.39, 0.29) is 17.9 Å². The standard InChI is InChI=1S/C14H17NO5S/c1-19-11-4-3-10(7-12(11)20-2)13(16)14(8-15)5-6-21(17,18)9-14/h3-4,7,13,16H,5-6,9H2,1-2H3. The lowest BCUT2D eigenvalue weighted by atomic mass is 9.80. The van der Waals surface area contributed by atoms with Crippen LogP contribution >= 0.6 is 0 Å². The Morgan fingerprint density at radius 1 is 1.33 bits per heavy atom. The summed E-state index contributed by atoms with van der Waals surface area (Å²) in [7, 11) is -0.325. The molecule has 21 heavy (non-hydrogen) atoms. The molecule has 114 valence electrons. The number of sulfone groups is 1. The Labute approximate surface area is 123 Å². The molecule has 0 radical (unpaired) electrons. The van der Waals surface area contributed by atoms with E-state index >= 15 is 0 Å². The Kier molecular flexibility index (Phi) is 4.12. The predicted octanol–water partition coefficient (Wildman–Crippen LogP) is 1.07. The van der Waals surface area contributed by atoms with Crippen molar-refractivity contribution in [2.75, 3.05) is 25.7 Å². The van der Waals surface area contributed by atoms with Crippen molar-refractivity contribution in [1.82, 2.24) is 0 Å². The zero-order valence-corrected chi connectivity index (χ0v) is 12.7. The van der Waals surface area contributed by atoms with Gasteiger partial charge in [0.15, 0.2) is 21.3 Å². The molecule has 2 unspecified atom stereocenters. The Balaban J connectivity index is 2.40. The van der Waals surface area contributed by atoms with Crippen LogP contribution in [0.25, 0.3) is 0 Å². The minimum Gasteiger partial charge on any atom is -0.493 e. The van der Waals surface area contributed by atoms with Gasteiger partial charge in [0.1, 0.15) is 5.41 Å². The highest BCUT2D eigenvalue weighted by Crippen LogP contribution is 2.44. The highest BCUT2D eigenvalue weighted by molar-refractivity contribution is 7.91. The van der Waals surface area contributed by atoms with E-state index in [4.69, 9.17) is 9.47 Å². The van der Waals surface area contributed by atoms with E-state index < -0.39 is 21.4 Å². The molecule has 1 heterocycles. The van der Waals surface area contributed by atoms with Crippen molar-refractivity contribution in [3.05, 3.63) is 23.8 Å². The fraction of sp³-hybridized carbons (Fsp3) is 0.500. The van der Waals surface area contributed by atoms with Gasteiger partial charge in [0.05, 0.1) is 37.9 Å². The Morgan fingerprint density at radius 3 is 2.48 bits per heavy atom. The zero-order valence-electron chi connectivity index (χ0n) is 11.9. The molecule has 1 aromatic carbocycles. The first-order valence-electron chi connectivity index (χ1n) is 6.39. The highest BCUT2D eigenvalue weighted by Gasteiger charge is 2.48. The Hall–Kier alpha value is -1.78. The second kappa shape index (κ2) is 5.54. The van der Waals surface area contributed by atoms with Gasteiger partial charge in [-0.1, -0.05) is 6.07 Å². The van der Waals surface area contributed by atoms with Gasteiger partial charge in [0.2, 0.25) is 0 Å². The van der Waals surface area contributed by atoms with Gasteiger partial charge in [0.25, 0.3) is 0 Å². The van der Waals surface area contributed by atoms with Crippen LogP contribution in [0.2, 0.25) is 0 Å². The third kappa shape index (κ3) is 2.82. The maximum atomic E-state index is 11.7. The van der Waals surface area contributed by atoms with Crippen LogP contribution < -0.4 is 9.47 Å². The number of nitriles is 1. The number of benzene rings is 1. The summed E-state index contributed by atoms with van der Waals surface area (Å²) in [6, 6.07) is 6.78. The fourth-order valence-corrected chi connectivity index (χ4v) is 4.55. The maximum absolute atomic E-state index is 11.7. The molecule has 1 aliphatic rings. The number of nitrogens with zero attached hydrogens (tertiary/aromatic N) is 1. The predicted molar refractivity (Wildman–Crippen MR) is 75.8 cm³/mol. The molecule has 1 saturated heterocycles. The smallest absolute Gasteiger partial charge is 0.161 e. The van der Waals surface area contributed by atoms with Crippen LogP contribution in [0.15, 0.2) is 18.2 Å². The molecule has 2 atom stereocenters. The van der Waals surface area contributed by atoms with Gasteiger partial charge in [-0.2, -0.15) is 5.26 Å². The quantitative estimate of drug-likeness (QED) is 0.893. The van der Waals surface area contributed by atoms with Gasteiger partial charge in [-0.15, -0.1) is 0 Å². The summed E-state index contributed by atoms with van der Waals surface area (Å²) in [5, 5.41) is 19.9.